The Bertz CT molecular complexity index is 1720. The second-order valence-electron chi connectivity index (χ2n) is 13.2. The van der Waals surface area contributed by atoms with Crippen LogP contribution in [-0.4, -0.2) is 93.6 Å². The van der Waals surface area contributed by atoms with Crippen LogP contribution in [-0.2, 0) is 19.1 Å². The number of carbonyl (C=O) groups excluding carboxylic acids is 4. The van der Waals surface area contributed by atoms with Crippen LogP contribution in [0.25, 0.3) is 11.3 Å². The molecule has 2 aromatic heterocycles. The Hall–Kier alpha value is -5.32. The van der Waals surface area contributed by atoms with E-state index >= 15 is 0 Å². The van der Waals surface area contributed by atoms with Crippen LogP contribution < -0.4 is 10.6 Å². The van der Waals surface area contributed by atoms with E-state index in [1.165, 1.54) is 14.2 Å². The molecule has 0 radical (unpaired) electrons. The lowest BCUT2D eigenvalue weighted by Crippen LogP contribution is -2.51. The van der Waals surface area contributed by atoms with E-state index in [2.05, 4.69) is 47.1 Å². The van der Waals surface area contributed by atoms with E-state index in [4.69, 9.17) is 4.74 Å². The van der Waals surface area contributed by atoms with Crippen molar-refractivity contribution in [2.24, 2.45) is 11.8 Å². The quantitative estimate of drug-likeness (QED) is 0.229. The molecule has 14 heteroatoms. The summed E-state index contributed by atoms with van der Waals surface area (Å²) in [5.74, 6) is 7.49. The highest BCUT2D eigenvalue weighted by Crippen LogP contribution is 2.33. The van der Waals surface area contributed by atoms with E-state index in [-0.39, 0.29) is 35.7 Å². The molecular weight excluding hydrogens is 640 g/mol. The maximum atomic E-state index is 13.5. The summed E-state index contributed by atoms with van der Waals surface area (Å²) < 4.78 is 9.34. The van der Waals surface area contributed by atoms with Gasteiger partial charge in [0.1, 0.15) is 23.4 Å². The van der Waals surface area contributed by atoms with Crippen molar-refractivity contribution in [2.45, 2.75) is 71.0 Å². The molecule has 4 N–H and O–H groups in total. The highest BCUT2D eigenvalue weighted by Gasteiger charge is 2.37. The van der Waals surface area contributed by atoms with Crippen LogP contribution in [0.2, 0.25) is 0 Å². The molecule has 3 aromatic rings. The number of aromatic amines is 2. The number of H-pyrrole nitrogens is 2. The molecule has 2 saturated heterocycles. The number of nitrogens with zero attached hydrogens (tertiary/aromatic N) is 4. The summed E-state index contributed by atoms with van der Waals surface area (Å²) in [7, 11) is 2.59. The first-order valence-corrected chi connectivity index (χ1v) is 17.1. The van der Waals surface area contributed by atoms with Gasteiger partial charge in [0.05, 0.1) is 44.4 Å². The fourth-order valence-electron chi connectivity index (χ4n) is 6.45. The molecule has 0 saturated carbocycles. The highest BCUT2D eigenvalue weighted by atomic mass is 16.5. The van der Waals surface area contributed by atoms with Gasteiger partial charge in [0.25, 0.3) is 0 Å². The maximum absolute atomic E-state index is 13.5. The third kappa shape index (κ3) is 8.63. The molecule has 4 unspecified atom stereocenters. The number of alkyl carbamates (subject to hydrolysis) is 2. The van der Waals surface area contributed by atoms with Crippen LogP contribution in [0.1, 0.15) is 87.9 Å². The van der Waals surface area contributed by atoms with Crippen LogP contribution in [0.5, 0.6) is 0 Å². The number of methoxy groups -OCH3 is 2. The second kappa shape index (κ2) is 16.4. The summed E-state index contributed by atoms with van der Waals surface area (Å²) in [5, 5.41) is 5.32. The molecule has 4 amide bonds. The summed E-state index contributed by atoms with van der Waals surface area (Å²) in [6.45, 7) is 7.32. The Morgan fingerprint density at radius 3 is 2.20 bits per heavy atom. The van der Waals surface area contributed by atoms with E-state index < -0.39 is 18.2 Å². The van der Waals surface area contributed by atoms with Gasteiger partial charge in [-0.3, -0.25) is 9.59 Å². The molecule has 4 heterocycles. The fourth-order valence-corrected chi connectivity index (χ4v) is 6.45. The highest BCUT2D eigenvalue weighted by molar-refractivity contribution is 5.86. The standard InChI is InChI=1S/C36H46N8O6/c1-22(2)31(42-36(48)50-5)34(46)44-17-7-9-29(44)33-38-21-27(41-33)25-13-10-24(11-14-25)12-15-26-20-37-32(40-26)28-8-6-16-43(28)30(45)18-23(3)19-39-35(47)49-4/h10-11,13-14,20-23,28-29,31H,6-9,16-19H2,1-5H3,(H,37,40)(H,38,41)(H,39,47)(H,42,48). The molecule has 2 aliphatic rings. The molecule has 2 fully saturated rings. The first-order valence-electron chi connectivity index (χ1n) is 17.1. The van der Waals surface area contributed by atoms with Gasteiger partial charge in [-0.15, -0.1) is 0 Å². The molecule has 4 atom stereocenters. The number of hydrogen-bond donors (Lipinski definition) is 4. The number of nitrogens with one attached hydrogen (secondary N) is 4. The molecule has 5 rings (SSSR count). The summed E-state index contributed by atoms with van der Waals surface area (Å²) in [6.07, 6.45) is 5.97. The Morgan fingerprint density at radius 2 is 1.52 bits per heavy atom. The molecule has 0 spiro atoms. The van der Waals surface area contributed by atoms with Crippen LogP contribution in [0.3, 0.4) is 0 Å². The number of aromatic nitrogens is 4. The average molecular weight is 687 g/mol. The maximum Gasteiger partial charge on any atom is 0.407 e. The minimum Gasteiger partial charge on any atom is -0.453 e. The number of rotatable bonds is 10. The van der Waals surface area contributed by atoms with E-state index in [9.17, 15) is 19.2 Å². The van der Waals surface area contributed by atoms with E-state index in [0.717, 1.165) is 42.5 Å². The van der Waals surface area contributed by atoms with Gasteiger partial charge in [-0.25, -0.2) is 19.6 Å². The molecule has 14 nitrogen and oxygen atoms in total. The van der Waals surface area contributed by atoms with Gasteiger partial charge in [-0.2, -0.15) is 0 Å². The van der Waals surface area contributed by atoms with Crippen molar-refractivity contribution in [3.8, 4) is 23.1 Å². The van der Waals surface area contributed by atoms with Gasteiger partial charge in [0.15, 0.2) is 0 Å². The zero-order valence-corrected chi connectivity index (χ0v) is 29.2. The monoisotopic (exact) mass is 686 g/mol. The van der Waals surface area contributed by atoms with Crippen LogP contribution in [0.4, 0.5) is 9.59 Å². The van der Waals surface area contributed by atoms with Crippen molar-refractivity contribution in [3.05, 3.63) is 59.6 Å². The van der Waals surface area contributed by atoms with Crippen LogP contribution >= 0.6 is 0 Å². The summed E-state index contributed by atoms with van der Waals surface area (Å²) in [5.41, 5.74) is 3.24. The minimum absolute atomic E-state index is 0.0296. The molecule has 266 valence electrons. The van der Waals surface area contributed by atoms with Crippen molar-refractivity contribution in [1.29, 1.82) is 0 Å². The van der Waals surface area contributed by atoms with Crippen molar-refractivity contribution in [2.75, 3.05) is 33.9 Å². The Morgan fingerprint density at radius 1 is 0.880 bits per heavy atom. The Kier molecular flexibility index (Phi) is 11.8. The molecule has 50 heavy (non-hydrogen) atoms. The van der Waals surface area contributed by atoms with Gasteiger partial charge in [-0.05, 0) is 61.1 Å². The second-order valence-corrected chi connectivity index (χ2v) is 13.2. The van der Waals surface area contributed by atoms with Gasteiger partial charge in [0.2, 0.25) is 11.8 Å². The van der Waals surface area contributed by atoms with Crippen molar-refractivity contribution in [1.82, 2.24) is 40.4 Å². The number of amides is 4. The molecule has 2 aliphatic heterocycles. The van der Waals surface area contributed by atoms with Gasteiger partial charge < -0.3 is 39.9 Å². The summed E-state index contributed by atoms with van der Waals surface area (Å²) in [4.78, 5) is 69.3. The lowest BCUT2D eigenvalue weighted by Gasteiger charge is -2.30. The molecular formula is C36H46N8O6. The Balaban J connectivity index is 1.19. The third-order valence-electron chi connectivity index (χ3n) is 9.16. The number of likely N-dealkylation sites (tertiary alicyclic amines) is 2. The van der Waals surface area contributed by atoms with Crippen molar-refractivity contribution in [3.63, 3.8) is 0 Å². The number of benzene rings is 1. The Labute approximate surface area is 292 Å². The predicted molar refractivity (Wildman–Crippen MR) is 184 cm³/mol. The largest absolute Gasteiger partial charge is 0.453 e. The lowest BCUT2D eigenvalue weighted by atomic mass is 10.0. The fraction of sp³-hybridized carbons (Fsp3) is 0.500. The number of carbonyl (C=O) groups is 4. The van der Waals surface area contributed by atoms with Gasteiger partial charge in [-0.1, -0.05) is 38.8 Å². The van der Waals surface area contributed by atoms with E-state index in [0.29, 0.717) is 43.4 Å². The first-order chi connectivity index (χ1) is 24.1. The van der Waals surface area contributed by atoms with Crippen molar-refractivity contribution >= 4 is 24.0 Å². The number of imidazole rings is 2. The van der Waals surface area contributed by atoms with E-state index in [1.807, 2.05) is 49.9 Å². The number of hydrogen-bond acceptors (Lipinski definition) is 8. The summed E-state index contributed by atoms with van der Waals surface area (Å²) in [6, 6.07) is 6.76. The zero-order chi connectivity index (χ0) is 35.8. The first kappa shape index (κ1) is 36.0. The minimum atomic E-state index is -0.690. The predicted octanol–water partition coefficient (Wildman–Crippen LogP) is 4.29. The van der Waals surface area contributed by atoms with Crippen molar-refractivity contribution < 1.29 is 28.7 Å². The third-order valence-corrected chi connectivity index (χ3v) is 9.16. The smallest absolute Gasteiger partial charge is 0.407 e. The topological polar surface area (TPSA) is 175 Å². The van der Waals surface area contributed by atoms with Crippen LogP contribution in [0.15, 0.2) is 36.7 Å². The summed E-state index contributed by atoms with van der Waals surface area (Å²) >= 11 is 0. The normalized spacial score (nSPS) is 18.3. The number of ether oxygens (including phenoxy) is 2. The molecule has 0 bridgehead atoms. The SMILES string of the molecule is COC(=O)NCC(C)CC(=O)N1CCCC1c1ncc(C#Cc2ccc(-c3cnc(C4CCCN4C(=O)C(NC(=O)OC)C(C)C)[nH]3)cc2)[nH]1. The van der Waals surface area contributed by atoms with Gasteiger partial charge >= 0.3 is 12.2 Å². The lowest BCUT2D eigenvalue weighted by molar-refractivity contribution is -0.135. The zero-order valence-electron chi connectivity index (χ0n) is 29.2. The molecule has 0 aliphatic carbocycles. The van der Waals surface area contributed by atoms with E-state index in [1.54, 1.807) is 17.3 Å². The van der Waals surface area contributed by atoms with Gasteiger partial charge in [0, 0.05) is 31.6 Å². The average Bonchev–Trinajstić information content (AvgIpc) is 3.94. The molecule has 1 aromatic carbocycles. The van der Waals surface area contributed by atoms with Crippen LogP contribution in [0, 0.1) is 23.7 Å².